The topological polar surface area (TPSA) is 84.5 Å². The van der Waals surface area contributed by atoms with Gasteiger partial charge in [-0.15, -0.1) is 0 Å². The molecule has 2 rings (SSSR count). The third-order valence-electron chi connectivity index (χ3n) is 3.43. The molecule has 0 bridgehead atoms. The number of benzene rings is 1. The lowest BCUT2D eigenvalue weighted by atomic mass is 10.1. The molecule has 1 atom stereocenters. The Labute approximate surface area is 137 Å². The first kappa shape index (κ1) is 17.7. The molecular formula is C16H24N2O4S. The summed E-state index contributed by atoms with van der Waals surface area (Å²) >= 11 is 0. The van der Waals surface area contributed by atoms with E-state index in [0.717, 1.165) is 5.56 Å². The first-order valence-electron chi connectivity index (χ1n) is 7.71. The van der Waals surface area contributed by atoms with E-state index in [-0.39, 0.29) is 11.8 Å². The Bertz CT molecular complexity index is 665. The van der Waals surface area contributed by atoms with Crippen molar-refractivity contribution in [2.24, 2.45) is 0 Å². The van der Waals surface area contributed by atoms with E-state index in [1.807, 2.05) is 32.9 Å². The molecule has 0 saturated carbocycles. The molecule has 128 valence electrons. The van der Waals surface area contributed by atoms with Gasteiger partial charge in [-0.05, 0) is 45.4 Å². The molecule has 6 nitrogen and oxygen atoms in total. The number of alkyl carbamates (subject to hydrolysis) is 1. The van der Waals surface area contributed by atoms with Crippen molar-refractivity contribution in [2.75, 3.05) is 18.8 Å². The van der Waals surface area contributed by atoms with Crippen LogP contribution < -0.4 is 10.6 Å². The van der Waals surface area contributed by atoms with Gasteiger partial charge in [-0.3, -0.25) is 0 Å². The van der Waals surface area contributed by atoms with Crippen molar-refractivity contribution < 1.29 is 17.9 Å². The van der Waals surface area contributed by atoms with E-state index in [0.29, 0.717) is 24.4 Å². The Morgan fingerprint density at radius 2 is 1.96 bits per heavy atom. The lowest BCUT2D eigenvalue weighted by Gasteiger charge is -2.19. The van der Waals surface area contributed by atoms with Crippen molar-refractivity contribution in [2.45, 2.75) is 43.7 Å². The summed E-state index contributed by atoms with van der Waals surface area (Å²) in [7, 11) is -3.18. The molecule has 23 heavy (non-hydrogen) atoms. The van der Waals surface area contributed by atoms with E-state index in [2.05, 4.69) is 10.6 Å². The van der Waals surface area contributed by atoms with Crippen LogP contribution in [0.3, 0.4) is 0 Å². The third-order valence-corrected chi connectivity index (χ3v) is 5.24. The fourth-order valence-electron chi connectivity index (χ4n) is 2.49. The van der Waals surface area contributed by atoms with Gasteiger partial charge in [0.25, 0.3) is 0 Å². The lowest BCUT2D eigenvalue weighted by molar-refractivity contribution is 0.0527. The second-order valence-electron chi connectivity index (χ2n) is 6.61. The van der Waals surface area contributed by atoms with Crippen LogP contribution in [0, 0.1) is 0 Å². The molecule has 0 saturated heterocycles. The van der Waals surface area contributed by atoms with Crippen LogP contribution in [-0.2, 0) is 14.6 Å². The first-order chi connectivity index (χ1) is 10.7. The molecule has 0 aliphatic carbocycles. The van der Waals surface area contributed by atoms with E-state index in [1.165, 1.54) is 0 Å². The summed E-state index contributed by atoms with van der Waals surface area (Å²) in [6.45, 7) is 6.53. The van der Waals surface area contributed by atoms with Crippen LogP contribution in [0.2, 0.25) is 0 Å². The smallest absolute Gasteiger partial charge is 0.407 e. The molecule has 1 aliphatic rings. The fourth-order valence-corrected chi connectivity index (χ4v) is 4.26. The SMILES string of the molecule is CC(C)(C)OC(=O)NCCCNC1CS(=O)(=O)c2ccccc21. The fraction of sp³-hybridized carbons (Fsp3) is 0.562. The molecule has 1 amide bonds. The van der Waals surface area contributed by atoms with E-state index in [9.17, 15) is 13.2 Å². The molecule has 0 radical (unpaired) electrons. The number of amides is 1. The quantitative estimate of drug-likeness (QED) is 0.801. The molecule has 1 aliphatic heterocycles. The van der Waals surface area contributed by atoms with E-state index in [4.69, 9.17) is 4.74 Å². The van der Waals surface area contributed by atoms with Crippen molar-refractivity contribution in [1.29, 1.82) is 0 Å². The van der Waals surface area contributed by atoms with Crippen molar-refractivity contribution in [3.05, 3.63) is 29.8 Å². The zero-order valence-electron chi connectivity index (χ0n) is 13.8. The van der Waals surface area contributed by atoms with E-state index < -0.39 is 21.5 Å². The minimum absolute atomic E-state index is 0.0891. The predicted octanol–water partition coefficient (Wildman–Crippen LogP) is 2.02. The second kappa shape index (κ2) is 6.88. The Morgan fingerprint density at radius 3 is 2.65 bits per heavy atom. The van der Waals surface area contributed by atoms with Crippen LogP contribution in [0.4, 0.5) is 4.79 Å². The highest BCUT2D eigenvalue weighted by Crippen LogP contribution is 2.32. The summed E-state index contributed by atoms with van der Waals surface area (Å²) in [5, 5.41) is 5.92. The molecule has 0 fully saturated rings. The van der Waals surface area contributed by atoms with Crippen LogP contribution in [0.1, 0.15) is 38.8 Å². The van der Waals surface area contributed by atoms with Crippen LogP contribution in [0.15, 0.2) is 29.2 Å². The number of ether oxygens (including phenoxy) is 1. The molecule has 2 N–H and O–H groups in total. The number of hydrogen-bond acceptors (Lipinski definition) is 5. The maximum absolute atomic E-state index is 12.1. The van der Waals surface area contributed by atoms with Crippen LogP contribution in [0.5, 0.6) is 0 Å². The molecule has 0 aromatic heterocycles. The predicted molar refractivity (Wildman–Crippen MR) is 88.1 cm³/mol. The van der Waals surface area contributed by atoms with E-state index in [1.54, 1.807) is 12.1 Å². The zero-order valence-corrected chi connectivity index (χ0v) is 14.6. The van der Waals surface area contributed by atoms with Crippen molar-refractivity contribution in [3.8, 4) is 0 Å². The van der Waals surface area contributed by atoms with Crippen LogP contribution >= 0.6 is 0 Å². The summed E-state index contributed by atoms with van der Waals surface area (Å²) in [5.41, 5.74) is 0.317. The number of rotatable bonds is 5. The molecule has 1 unspecified atom stereocenters. The zero-order chi connectivity index (χ0) is 17.1. The Balaban J connectivity index is 1.75. The van der Waals surface area contributed by atoms with Crippen molar-refractivity contribution >= 4 is 15.9 Å². The maximum Gasteiger partial charge on any atom is 0.407 e. The van der Waals surface area contributed by atoms with Gasteiger partial charge in [-0.2, -0.15) is 0 Å². The standard InChI is InChI=1S/C16H24N2O4S/c1-16(2,3)22-15(19)18-10-6-9-17-13-11-23(20,21)14-8-5-4-7-12(13)14/h4-5,7-8,13,17H,6,9-11H2,1-3H3,(H,18,19). The summed E-state index contributed by atoms with van der Waals surface area (Å²) in [4.78, 5) is 11.9. The minimum Gasteiger partial charge on any atom is -0.444 e. The largest absolute Gasteiger partial charge is 0.444 e. The highest BCUT2D eigenvalue weighted by atomic mass is 32.2. The summed E-state index contributed by atoms with van der Waals surface area (Å²) in [5.74, 6) is 0.0891. The van der Waals surface area contributed by atoms with Gasteiger partial charge in [0.1, 0.15) is 5.60 Å². The first-order valence-corrected chi connectivity index (χ1v) is 9.36. The molecular weight excluding hydrogens is 316 g/mol. The molecule has 1 aromatic carbocycles. The average Bonchev–Trinajstić information content (AvgIpc) is 2.69. The average molecular weight is 340 g/mol. The molecule has 1 aromatic rings. The van der Waals surface area contributed by atoms with Gasteiger partial charge in [0.05, 0.1) is 10.6 Å². The number of carbonyl (C=O) groups excluding carboxylic acids is 1. The third kappa shape index (κ3) is 4.94. The lowest BCUT2D eigenvalue weighted by Crippen LogP contribution is -2.34. The number of nitrogens with one attached hydrogen (secondary N) is 2. The number of carbonyl (C=O) groups is 1. The van der Waals surface area contributed by atoms with Gasteiger partial charge in [-0.25, -0.2) is 13.2 Å². The second-order valence-corrected chi connectivity index (χ2v) is 8.61. The summed E-state index contributed by atoms with van der Waals surface area (Å²) in [6, 6.07) is 6.90. The molecule has 0 spiro atoms. The van der Waals surface area contributed by atoms with Gasteiger partial charge in [0.15, 0.2) is 9.84 Å². The summed E-state index contributed by atoms with van der Waals surface area (Å²) in [6.07, 6.45) is 0.254. The minimum atomic E-state index is -3.18. The Kier molecular flexibility index (Phi) is 5.31. The highest BCUT2D eigenvalue weighted by Gasteiger charge is 2.33. The number of fused-ring (bicyclic) bond motifs is 1. The van der Waals surface area contributed by atoms with Gasteiger partial charge in [0.2, 0.25) is 0 Å². The number of hydrogen-bond donors (Lipinski definition) is 2. The monoisotopic (exact) mass is 340 g/mol. The van der Waals surface area contributed by atoms with Crippen LogP contribution in [0.25, 0.3) is 0 Å². The summed E-state index contributed by atoms with van der Waals surface area (Å²) < 4.78 is 29.3. The van der Waals surface area contributed by atoms with Crippen molar-refractivity contribution in [1.82, 2.24) is 10.6 Å². The van der Waals surface area contributed by atoms with Gasteiger partial charge < -0.3 is 15.4 Å². The normalized spacial score (nSPS) is 19.2. The van der Waals surface area contributed by atoms with E-state index >= 15 is 0 Å². The highest BCUT2D eigenvalue weighted by molar-refractivity contribution is 7.91. The molecule has 1 heterocycles. The van der Waals surface area contributed by atoms with Crippen molar-refractivity contribution in [3.63, 3.8) is 0 Å². The Morgan fingerprint density at radius 1 is 1.26 bits per heavy atom. The van der Waals surface area contributed by atoms with Gasteiger partial charge in [-0.1, -0.05) is 18.2 Å². The van der Waals surface area contributed by atoms with Gasteiger partial charge in [0, 0.05) is 12.6 Å². The molecule has 7 heteroatoms. The Hall–Kier alpha value is -1.60. The van der Waals surface area contributed by atoms with Gasteiger partial charge >= 0.3 is 6.09 Å². The van der Waals surface area contributed by atoms with Crippen LogP contribution in [-0.4, -0.2) is 39.0 Å². The number of sulfone groups is 1. The maximum atomic E-state index is 12.1.